The second kappa shape index (κ2) is 8.60. The zero-order valence-corrected chi connectivity index (χ0v) is 15.2. The fourth-order valence-electron chi connectivity index (χ4n) is 4.35. The van der Waals surface area contributed by atoms with Crippen LogP contribution in [0.5, 0.6) is 0 Å². The monoisotopic (exact) mass is 340 g/mol. The summed E-state index contributed by atoms with van der Waals surface area (Å²) < 4.78 is 5.37. The maximum atomic E-state index is 5.44. The Hall–Kier alpha value is -0.430. The molecule has 0 aromatic heterocycles. The molecule has 0 radical (unpaired) electrons. The Morgan fingerprint density at radius 1 is 1.22 bits per heavy atom. The maximum absolute atomic E-state index is 5.44. The Kier molecular flexibility index (Phi) is 6.51. The van der Waals surface area contributed by atoms with Gasteiger partial charge in [0.05, 0.1) is 13.2 Å². The van der Waals surface area contributed by atoms with Gasteiger partial charge >= 0.3 is 0 Å². The molecule has 4 rings (SSSR count). The summed E-state index contributed by atoms with van der Waals surface area (Å²) in [7, 11) is 0. The average Bonchev–Trinajstić information content (AvgIpc) is 2.61. The summed E-state index contributed by atoms with van der Waals surface area (Å²) in [5.41, 5.74) is 0. The number of fused-ring (bicyclic) bond motifs is 3. The molecule has 4 aliphatic heterocycles. The van der Waals surface area contributed by atoms with E-state index in [1.807, 2.05) is 0 Å². The molecule has 4 saturated heterocycles. The number of thiocarbonyl (C=S) groups is 1. The molecule has 0 saturated carbocycles. The fraction of sp³-hybridized carbons (Fsp3) is 0.941. The predicted octanol–water partition coefficient (Wildman–Crippen LogP) is 0.903. The Balaban J connectivity index is 1.30. The number of hydrogen-bond donors (Lipinski definition) is 2. The highest BCUT2D eigenvalue weighted by Gasteiger charge is 2.38. The molecule has 132 valence electrons. The molecule has 2 N–H and O–H groups in total. The summed E-state index contributed by atoms with van der Waals surface area (Å²) in [4.78, 5) is 5.10. The average molecular weight is 341 g/mol. The van der Waals surface area contributed by atoms with E-state index in [0.29, 0.717) is 6.04 Å². The lowest BCUT2D eigenvalue weighted by molar-refractivity contribution is 0.00204. The summed E-state index contributed by atoms with van der Waals surface area (Å²) in [5, 5.41) is 7.61. The molecular weight excluding hydrogens is 308 g/mol. The van der Waals surface area contributed by atoms with Crippen LogP contribution in [0.25, 0.3) is 0 Å². The van der Waals surface area contributed by atoms with Crippen LogP contribution >= 0.6 is 12.2 Å². The summed E-state index contributed by atoms with van der Waals surface area (Å²) in [6.07, 6.45) is 4.09. The van der Waals surface area contributed by atoms with Gasteiger partial charge in [-0.25, -0.2) is 0 Å². The first kappa shape index (κ1) is 17.4. The van der Waals surface area contributed by atoms with Crippen molar-refractivity contribution >= 4 is 17.3 Å². The molecule has 4 aliphatic rings. The molecule has 4 fully saturated rings. The van der Waals surface area contributed by atoms with E-state index in [2.05, 4.69) is 27.4 Å². The normalized spacial score (nSPS) is 34.3. The smallest absolute Gasteiger partial charge is 0.166 e. The van der Waals surface area contributed by atoms with Crippen LogP contribution in [0.1, 0.15) is 26.2 Å². The van der Waals surface area contributed by atoms with Crippen LogP contribution in [0.2, 0.25) is 0 Å². The topological polar surface area (TPSA) is 39.8 Å². The molecular formula is C17H32N4OS. The van der Waals surface area contributed by atoms with E-state index in [-0.39, 0.29) is 0 Å². The minimum atomic E-state index is 0.676. The van der Waals surface area contributed by atoms with Gasteiger partial charge in [-0.1, -0.05) is 13.3 Å². The van der Waals surface area contributed by atoms with Gasteiger partial charge in [-0.3, -0.25) is 9.80 Å². The first-order valence-corrected chi connectivity index (χ1v) is 9.73. The molecule has 0 aliphatic carbocycles. The number of piperidine rings is 3. The second-order valence-corrected chi connectivity index (χ2v) is 7.60. The van der Waals surface area contributed by atoms with Crippen LogP contribution in [-0.4, -0.2) is 80.0 Å². The maximum Gasteiger partial charge on any atom is 0.166 e. The van der Waals surface area contributed by atoms with Gasteiger partial charge in [0.2, 0.25) is 0 Å². The number of nitrogens with one attached hydrogen (secondary N) is 2. The van der Waals surface area contributed by atoms with Crippen molar-refractivity contribution in [1.29, 1.82) is 0 Å². The van der Waals surface area contributed by atoms with Gasteiger partial charge < -0.3 is 15.4 Å². The Morgan fingerprint density at radius 3 is 2.74 bits per heavy atom. The third-order valence-electron chi connectivity index (χ3n) is 5.85. The van der Waals surface area contributed by atoms with Crippen LogP contribution in [0.3, 0.4) is 0 Å². The summed E-state index contributed by atoms with van der Waals surface area (Å²) in [5.74, 6) is 1.87. The van der Waals surface area contributed by atoms with E-state index < -0.39 is 0 Å². The highest BCUT2D eigenvalue weighted by molar-refractivity contribution is 7.80. The number of nitrogens with zero attached hydrogens (tertiary/aromatic N) is 2. The number of hydrogen-bond acceptors (Lipinski definition) is 4. The van der Waals surface area contributed by atoms with Gasteiger partial charge in [0.25, 0.3) is 0 Å². The summed E-state index contributed by atoms with van der Waals surface area (Å²) >= 11 is 5.44. The highest BCUT2D eigenvalue weighted by Crippen LogP contribution is 2.37. The zero-order chi connectivity index (χ0) is 16.1. The third-order valence-corrected chi connectivity index (χ3v) is 6.14. The van der Waals surface area contributed by atoms with Crippen molar-refractivity contribution in [1.82, 2.24) is 20.4 Å². The highest BCUT2D eigenvalue weighted by atomic mass is 32.1. The standard InChI is InChI=1S/C17H32N4OS/c1-2-14-13-21-5-3-15(14)11-16(21)12-19-17(23)18-4-6-20-7-9-22-10-8-20/h14-16H,2-13H2,1H3,(H2,18,19,23)/t14-,15+,16+/m0/s1. The number of ether oxygens (including phenoxy) is 1. The molecule has 0 amide bonds. The summed E-state index contributed by atoms with van der Waals surface area (Å²) in [6, 6.07) is 0.676. The van der Waals surface area contributed by atoms with Gasteiger partial charge in [-0.2, -0.15) is 0 Å². The zero-order valence-electron chi connectivity index (χ0n) is 14.4. The van der Waals surface area contributed by atoms with Crippen molar-refractivity contribution in [2.24, 2.45) is 11.8 Å². The molecule has 0 aromatic rings. The predicted molar refractivity (Wildman–Crippen MR) is 97.7 cm³/mol. The van der Waals surface area contributed by atoms with Crippen LogP contribution in [0.4, 0.5) is 0 Å². The second-order valence-electron chi connectivity index (χ2n) is 7.19. The molecule has 4 atom stereocenters. The lowest BCUT2D eigenvalue weighted by atomic mass is 9.74. The van der Waals surface area contributed by atoms with E-state index in [1.165, 1.54) is 32.4 Å². The first-order valence-electron chi connectivity index (χ1n) is 9.32. The van der Waals surface area contributed by atoms with E-state index in [1.54, 1.807) is 0 Å². The van der Waals surface area contributed by atoms with E-state index >= 15 is 0 Å². The number of rotatable bonds is 6. The molecule has 23 heavy (non-hydrogen) atoms. The van der Waals surface area contributed by atoms with Crippen molar-refractivity contribution in [2.75, 3.05) is 59.0 Å². The van der Waals surface area contributed by atoms with Crippen molar-refractivity contribution in [3.05, 3.63) is 0 Å². The van der Waals surface area contributed by atoms with Crippen molar-refractivity contribution < 1.29 is 4.74 Å². The molecule has 5 nitrogen and oxygen atoms in total. The molecule has 2 bridgehead atoms. The molecule has 0 aromatic carbocycles. The van der Waals surface area contributed by atoms with E-state index in [4.69, 9.17) is 17.0 Å². The van der Waals surface area contributed by atoms with E-state index in [9.17, 15) is 0 Å². The Labute approximate surface area is 146 Å². The van der Waals surface area contributed by atoms with Gasteiger partial charge in [-0.15, -0.1) is 0 Å². The minimum absolute atomic E-state index is 0.676. The Bertz CT molecular complexity index is 389. The molecule has 0 spiro atoms. The van der Waals surface area contributed by atoms with Crippen molar-refractivity contribution in [2.45, 2.75) is 32.2 Å². The largest absolute Gasteiger partial charge is 0.379 e. The van der Waals surface area contributed by atoms with Gasteiger partial charge in [0.1, 0.15) is 0 Å². The SMILES string of the molecule is CC[C@H]1CN2CC[C@@H]1C[C@@H]2CNC(=S)NCCN1CCOCC1. The third kappa shape index (κ3) is 4.78. The quantitative estimate of drug-likeness (QED) is 0.700. The lowest BCUT2D eigenvalue weighted by Crippen LogP contribution is -2.57. The fourth-order valence-corrected chi connectivity index (χ4v) is 4.53. The van der Waals surface area contributed by atoms with Gasteiger partial charge in [0.15, 0.2) is 5.11 Å². The molecule has 1 unspecified atom stereocenters. The van der Waals surface area contributed by atoms with Gasteiger partial charge in [0, 0.05) is 45.3 Å². The summed E-state index contributed by atoms with van der Waals surface area (Å²) in [6.45, 7) is 11.7. The van der Waals surface area contributed by atoms with Gasteiger partial charge in [-0.05, 0) is 43.4 Å². The van der Waals surface area contributed by atoms with Crippen LogP contribution in [-0.2, 0) is 4.74 Å². The van der Waals surface area contributed by atoms with Crippen LogP contribution in [0.15, 0.2) is 0 Å². The van der Waals surface area contributed by atoms with Crippen LogP contribution < -0.4 is 10.6 Å². The van der Waals surface area contributed by atoms with E-state index in [0.717, 1.165) is 62.9 Å². The molecule has 4 heterocycles. The Morgan fingerprint density at radius 2 is 2.04 bits per heavy atom. The van der Waals surface area contributed by atoms with Crippen molar-refractivity contribution in [3.8, 4) is 0 Å². The van der Waals surface area contributed by atoms with Crippen LogP contribution in [0, 0.1) is 11.8 Å². The number of morpholine rings is 1. The molecule has 6 heteroatoms. The lowest BCUT2D eigenvalue weighted by Gasteiger charge is -2.50. The first-order chi connectivity index (χ1) is 11.3. The van der Waals surface area contributed by atoms with Crippen molar-refractivity contribution in [3.63, 3.8) is 0 Å². The minimum Gasteiger partial charge on any atom is -0.379 e.